The Balaban J connectivity index is 2.92. The van der Waals surface area contributed by atoms with Crippen LogP contribution in [-0.4, -0.2) is 12.2 Å². The molecule has 0 amide bonds. The van der Waals surface area contributed by atoms with Crippen molar-refractivity contribution >= 4 is 17.9 Å². The number of hydrogen-bond acceptors (Lipinski definition) is 1. The molecule has 0 atom stereocenters. The molecule has 3 nitrogen and oxygen atoms in total. The summed E-state index contributed by atoms with van der Waals surface area (Å²) in [4.78, 5) is 7.36. The summed E-state index contributed by atoms with van der Waals surface area (Å²) in [6, 6.07) is 4.66. The highest BCUT2D eigenvalue weighted by molar-refractivity contribution is 5.85. The van der Waals surface area contributed by atoms with Crippen LogP contribution in [0.15, 0.2) is 34.3 Å². The smallest absolute Gasteiger partial charge is 0.387 e. The lowest BCUT2D eigenvalue weighted by atomic mass is 10.2. The Bertz CT molecular complexity index is 418. The van der Waals surface area contributed by atoms with Crippen LogP contribution in [0.4, 0.5) is 18.9 Å². The lowest BCUT2D eigenvalue weighted by Crippen LogP contribution is -2.04. The van der Waals surface area contributed by atoms with E-state index < -0.39 is 11.7 Å². The molecule has 0 heterocycles. The van der Waals surface area contributed by atoms with E-state index >= 15 is 0 Å². The summed E-state index contributed by atoms with van der Waals surface area (Å²) < 4.78 is 37.0. The highest BCUT2D eigenvalue weighted by atomic mass is 19.4. The van der Waals surface area contributed by atoms with Crippen molar-refractivity contribution in [2.75, 3.05) is 0 Å². The van der Waals surface area contributed by atoms with Crippen molar-refractivity contribution in [2.45, 2.75) is 13.1 Å². The summed E-state index contributed by atoms with van der Waals surface area (Å²) in [7, 11) is 0. The van der Waals surface area contributed by atoms with Gasteiger partial charge in [-0.25, -0.2) is 9.98 Å². The van der Waals surface area contributed by atoms with Gasteiger partial charge in [0.05, 0.1) is 17.1 Å². The molecule has 0 aliphatic heterocycles. The normalized spacial score (nSPS) is 13.4. The third kappa shape index (κ3) is 3.72. The molecule has 1 aromatic carbocycles. The predicted octanol–water partition coefficient (Wildman–Crippen LogP) is 2.74. The Labute approximate surface area is 90.5 Å². The maximum atomic E-state index is 12.3. The number of amidine groups is 1. The van der Waals surface area contributed by atoms with Crippen LogP contribution < -0.4 is 5.73 Å². The molecule has 0 saturated heterocycles. The third-order valence-corrected chi connectivity index (χ3v) is 1.64. The minimum atomic E-state index is -4.36. The third-order valence-electron chi connectivity index (χ3n) is 1.64. The first-order valence-corrected chi connectivity index (χ1v) is 4.39. The Morgan fingerprint density at radius 2 is 2.06 bits per heavy atom. The standard InChI is InChI=1S/C10H10F3N3/c1-7(14)15-6-16-9-4-2-3-8(5-9)10(11,12)13/h2-6H,1H3,(H2,14,15,16). The van der Waals surface area contributed by atoms with Gasteiger partial charge in [-0.3, -0.25) is 0 Å². The number of alkyl halides is 3. The fourth-order valence-corrected chi connectivity index (χ4v) is 0.949. The van der Waals surface area contributed by atoms with E-state index in [1.165, 1.54) is 12.1 Å². The van der Waals surface area contributed by atoms with E-state index in [0.717, 1.165) is 18.5 Å². The molecule has 0 aliphatic carbocycles. The number of aliphatic imine (C=N–C) groups is 2. The Morgan fingerprint density at radius 3 is 2.62 bits per heavy atom. The summed E-state index contributed by atoms with van der Waals surface area (Å²) in [5.74, 6) is 0.288. The Hall–Kier alpha value is -1.85. The highest BCUT2D eigenvalue weighted by Gasteiger charge is 2.30. The van der Waals surface area contributed by atoms with Gasteiger partial charge in [-0.15, -0.1) is 0 Å². The van der Waals surface area contributed by atoms with E-state index in [2.05, 4.69) is 9.98 Å². The van der Waals surface area contributed by atoms with E-state index in [9.17, 15) is 13.2 Å². The van der Waals surface area contributed by atoms with Crippen molar-refractivity contribution in [1.82, 2.24) is 0 Å². The SMILES string of the molecule is CC(N)=NC=Nc1cccc(C(F)(F)F)c1. The molecule has 0 spiro atoms. The van der Waals surface area contributed by atoms with Crippen molar-refractivity contribution in [2.24, 2.45) is 15.7 Å². The van der Waals surface area contributed by atoms with Gasteiger partial charge >= 0.3 is 6.18 Å². The topological polar surface area (TPSA) is 50.7 Å². The van der Waals surface area contributed by atoms with E-state index in [4.69, 9.17) is 5.73 Å². The van der Waals surface area contributed by atoms with Crippen LogP contribution in [0, 0.1) is 0 Å². The maximum Gasteiger partial charge on any atom is 0.416 e. The molecule has 0 radical (unpaired) electrons. The summed E-state index contributed by atoms with van der Waals surface area (Å²) in [5, 5.41) is 0. The Morgan fingerprint density at radius 1 is 1.38 bits per heavy atom. The average Bonchev–Trinajstić information content (AvgIpc) is 2.16. The second-order valence-electron chi connectivity index (χ2n) is 3.06. The van der Waals surface area contributed by atoms with E-state index in [1.54, 1.807) is 6.92 Å². The zero-order valence-electron chi connectivity index (χ0n) is 8.49. The quantitative estimate of drug-likeness (QED) is 0.615. The van der Waals surface area contributed by atoms with Crippen molar-refractivity contribution in [3.63, 3.8) is 0 Å². The predicted molar refractivity (Wildman–Crippen MR) is 56.9 cm³/mol. The van der Waals surface area contributed by atoms with Crippen molar-refractivity contribution in [1.29, 1.82) is 0 Å². The second-order valence-corrected chi connectivity index (χ2v) is 3.06. The van der Waals surface area contributed by atoms with Crippen LogP contribution in [0.2, 0.25) is 0 Å². The molecule has 0 unspecified atom stereocenters. The summed E-state index contributed by atoms with van der Waals surface area (Å²) >= 11 is 0. The molecule has 1 rings (SSSR count). The first-order valence-electron chi connectivity index (χ1n) is 4.39. The van der Waals surface area contributed by atoms with Gasteiger partial charge in [0.1, 0.15) is 6.34 Å². The van der Waals surface area contributed by atoms with Gasteiger partial charge in [0.25, 0.3) is 0 Å². The van der Waals surface area contributed by atoms with Gasteiger partial charge in [0.15, 0.2) is 0 Å². The van der Waals surface area contributed by atoms with Crippen LogP contribution in [0.3, 0.4) is 0 Å². The minimum Gasteiger partial charge on any atom is -0.387 e. The van der Waals surface area contributed by atoms with Crippen LogP contribution >= 0.6 is 0 Å². The fourth-order valence-electron chi connectivity index (χ4n) is 0.949. The molecule has 0 fully saturated rings. The zero-order chi connectivity index (χ0) is 12.2. The summed E-state index contributed by atoms with van der Waals surface area (Å²) in [6.07, 6.45) is -3.25. The van der Waals surface area contributed by atoms with Crippen LogP contribution in [0.1, 0.15) is 12.5 Å². The lowest BCUT2D eigenvalue weighted by Gasteiger charge is -2.05. The first kappa shape index (κ1) is 12.2. The van der Waals surface area contributed by atoms with Gasteiger partial charge < -0.3 is 5.73 Å². The molecule has 2 N–H and O–H groups in total. The fraction of sp³-hybridized carbons (Fsp3) is 0.200. The molecule has 86 valence electrons. The van der Waals surface area contributed by atoms with Crippen molar-refractivity contribution in [3.8, 4) is 0 Å². The molecule has 0 aliphatic rings. The van der Waals surface area contributed by atoms with E-state index in [-0.39, 0.29) is 11.5 Å². The number of benzene rings is 1. The maximum absolute atomic E-state index is 12.3. The van der Waals surface area contributed by atoms with Gasteiger partial charge in [-0.1, -0.05) is 6.07 Å². The summed E-state index contributed by atoms with van der Waals surface area (Å²) in [5.41, 5.74) is 4.67. The number of nitrogens with two attached hydrogens (primary N) is 1. The van der Waals surface area contributed by atoms with E-state index in [1.807, 2.05) is 0 Å². The largest absolute Gasteiger partial charge is 0.416 e. The molecule has 0 bridgehead atoms. The molecular formula is C10H10F3N3. The van der Waals surface area contributed by atoms with Crippen LogP contribution in [0.25, 0.3) is 0 Å². The molecular weight excluding hydrogens is 219 g/mol. The average molecular weight is 229 g/mol. The summed E-state index contributed by atoms with van der Waals surface area (Å²) in [6.45, 7) is 1.55. The number of hydrogen-bond donors (Lipinski definition) is 1. The number of rotatable bonds is 2. The Kier molecular flexibility index (Phi) is 3.65. The van der Waals surface area contributed by atoms with Crippen LogP contribution in [0.5, 0.6) is 0 Å². The lowest BCUT2D eigenvalue weighted by molar-refractivity contribution is -0.137. The van der Waals surface area contributed by atoms with Crippen LogP contribution in [-0.2, 0) is 6.18 Å². The highest BCUT2D eigenvalue weighted by Crippen LogP contribution is 2.31. The van der Waals surface area contributed by atoms with Crippen molar-refractivity contribution < 1.29 is 13.2 Å². The molecule has 6 heteroatoms. The molecule has 1 aromatic rings. The first-order chi connectivity index (χ1) is 7.39. The second kappa shape index (κ2) is 4.78. The van der Waals surface area contributed by atoms with Crippen molar-refractivity contribution in [3.05, 3.63) is 29.8 Å². The molecule has 16 heavy (non-hydrogen) atoms. The minimum absolute atomic E-state index is 0.180. The molecule has 0 saturated carbocycles. The molecule has 0 aromatic heterocycles. The number of halogens is 3. The monoisotopic (exact) mass is 229 g/mol. The van der Waals surface area contributed by atoms with Gasteiger partial charge in [0.2, 0.25) is 0 Å². The zero-order valence-corrected chi connectivity index (χ0v) is 8.49. The number of nitrogens with zero attached hydrogens (tertiary/aromatic N) is 2. The van der Waals surface area contributed by atoms with Gasteiger partial charge in [0, 0.05) is 0 Å². The van der Waals surface area contributed by atoms with E-state index in [0.29, 0.717) is 0 Å². The van der Waals surface area contributed by atoms with Gasteiger partial charge in [-0.2, -0.15) is 13.2 Å². The van der Waals surface area contributed by atoms with Gasteiger partial charge in [-0.05, 0) is 25.1 Å².